The number of rotatable bonds is 11. The number of ketones is 1. The van der Waals surface area contributed by atoms with Crippen molar-refractivity contribution >= 4 is 23.7 Å². The van der Waals surface area contributed by atoms with Gasteiger partial charge in [-0.15, -0.1) is 0 Å². The van der Waals surface area contributed by atoms with Crippen LogP contribution in [-0.4, -0.2) is 44.1 Å². The first-order chi connectivity index (χ1) is 16.4. The second kappa shape index (κ2) is 11.7. The van der Waals surface area contributed by atoms with Gasteiger partial charge in [0.1, 0.15) is 12.9 Å². The molecule has 3 aromatic rings. The first-order valence-electron chi connectivity index (χ1n) is 11.1. The minimum Gasteiger partial charge on any atom is -0.480 e. The lowest BCUT2D eigenvalue weighted by Crippen LogP contribution is -2.29. The highest BCUT2D eigenvalue weighted by Gasteiger charge is 2.14. The monoisotopic (exact) mass is 460 g/mol. The maximum atomic E-state index is 12.7. The summed E-state index contributed by atoms with van der Waals surface area (Å²) in [4.78, 5) is 40.0. The maximum absolute atomic E-state index is 12.7. The molecule has 0 aliphatic heterocycles. The average molecular weight is 461 g/mol. The molecule has 0 aliphatic carbocycles. The molecule has 1 aromatic heterocycles. The molecule has 34 heavy (non-hydrogen) atoms. The summed E-state index contributed by atoms with van der Waals surface area (Å²) in [6, 6.07) is 13.3. The first kappa shape index (κ1) is 24.6. The molecule has 0 bridgehead atoms. The van der Waals surface area contributed by atoms with Gasteiger partial charge in [0.2, 0.25) is 5.78 Å². The van der Waals surface area contributed by atoms with Crippen molar-refractivity contribution < 1.29 is 19.5 Å². The van der Waals surface area contributed by atoms with Gasteiger partial charge in [0, 0.05) is 12.0 Å². The molecule has 0 fully saturated rings. The van der Waals surface area contributed by atoms with Gasteiger partial charge in [0.15, 0.2) is 5.82 Å². The van der Waals surface area contributed by atoms with Crippen LogP contribution in [0.2, 0.25) is 0 Å². The maximum Gasteiger partial charge on any atom is 0.322 e. The summed E-state index contributed by atoms with van der Waals surface area (Å²) in [5.41, 5.74) is 4.25. The van der Waals surface area contributed by atoms with E-state index in [1.165, 1.54) is 6.33 Å². The van der Waals surface area contributed by atoms with Gasteiger partial charge in [-0.05, 0) is 42.2 Å². The summed E-state index contributed by atoms with van der Waals surface area (Å²) in [5, 5.41) is 15.4. The second-order valence-corrected chi connectivity index (χ2v) is 8.04. The van der Waals surface area contributed by atoms with E-state index < -0.39 is 18.4 Å². The quantitative estimate of drug-likeness (QED) is 0.424. The first-order valence-corrected chi connectivity index (χ1v) is 11.1. The summed E-state index contributed by atoms with van der Waals surface area (Å²) in [7, 11) is 0. The number of aromatic nitrogens is 3. The molecule has 8 nitrogen and oxygen atoms in total. The van der Waals surface area contributed by atoms with Gasteiger partial charge in [0.25, 0.3) is 5.91 Å². The molecule has 0 saturated heterocycles. The molecule has 2 N–H and O–H groups in total. The molecule has 0 aliphatic rings. The summed E-state index contributed by atoms with van der Waals surface area (Å²) >= 11 is 0. The van der Waals surface area contributed by atoms with Crippen LogP contribution in [0.5, 0.6) is 0 Å². The van der Waals surface area contributed by atoms with Crippen molar-refractivity contribution in [2.24, 2.45) is 0 Å². The molecular weight excluding hydrogens is 432 g/mol. The van der Waals surface area contributed by atoms with Crippen LogP contribution in [0.3, 0.4) is 0 Å². The lowest BCUT2D eigenvalue weighted by molar-refractivity contribution is -0.135. The van der Waals surface area contributed by atoms with Crippen LogP contribution >= 0.6 is 0 Å². The van der Waals surface area contributed by atoms with Gasteiger partial charge in [-0.3, -0.25) is 14.4 Å². The topological polar surface area (TPSA) is 114 Å². The Bertz CT molecular complexity index is 1200. The molecule has 0 atom stereocenters. The number of nitrogens with zero attached hydrogens (tertiary/aromatic N) is 3. The van der Waals surface area contributed by atoms with Crippen LogP contribution < -0.4 is 5.32 Å². The van der Waals surface area contributed by atoms with E-state index in [4.69, 9.17) is 5.11 Å². The van der Waals surface area contributed by atoms with E-state index in [0.29, 0.717) is 17.9 Å². The van der Waals surface area contributed by atoms with E-state index >= 15 is 0 Å². The zero-order chi connectivity index (χ0) is 24.5. The summed E-state index contributed by atoms with van der Waals surface area (Å²) in [6.07, 6.45) is 7.01. The van der Waals surface area contributed by atoms with Crippen molar-refractivity contribution in [3.8, 4) is 0 Å². The zero-order valence-electron chi connectivity index (χ0n) is 19.3. The number of carbonyl (C=O) groups is 3. The Labute approximate surface area is 198 Å². The molecule has 176 valence electrons. The average Bonchev–Trinajstić information content (AvgIpc) is 3.28. The third kappa shape index (κ3) is 6.96. The van der Waals surface area contributed by atoms with Gasteiger partial charge < -0.3 is 10.4 Å². The number of Topliss-reactive ketones (excluding diaryl/α,β-unsaturated/α-hetero) is 1. The van der Waals surface area contributed by atoms with Crippen molar-refractivity contribution in [2.45, 2.75) is 39.7 Å². The number of carboxylic acid groups (broad SMARTS) is 1. The van der Waals surface area contributed by atoms with Crippen LogP contribution in [0.15, 0.2) is 54.9 Å². The van der Waals surface area contributed by atoms with Crippen molar-refractivity contribution in [2.75, 3.05) is 6.54 Å². The fourth-order valence-electron chi connectivity index (χ4n) is 3.51. The molecule has 0 radical (unpaired) electrons. The van der Waals surface area contributed by atoms with Crippen molar-refractivity contribution in [1.29, 1.82) is 0 Å². The SMILES string of the molecule is CCCc1cc(/C=C/Cn2ncnc2C(=O)Cc2ccc(C)cc2)cc(C(=O)NCC(=O)O)c1. The Morgan fingerprint density at radius 3 is 2.56 bits per heavy atom. The van der Waals surface area contributed by atoms with Crippen LogP contribution in [0.4, 0.5) is 0 Å². The Balaban J connectivity index is 1.72. The van der Waals surface area contributed by atoms with E-state index in [-0.39, 0.29) is 12.2 Å². The number of benzene rings is 2. The number of carbonyl (C=O) groups excluding carboxylic acids is 2. The molecule has 0 unspecified atom stereocenters. The van der Waals surface area contributed by atoms with Gasteiger partial charge in [-0.25, -0.2) is 9.67 Å². The van der Waals surface area contributed by atoms with E-state index in [1.807, 2.05) is 56.3 Å². The minimum atomic E-state index is -1.10. The van der Waals surface area contributed by atoms with E-state index in [1.54, 1.807) is 16.8 Å². The molecule has 1 amide bonds. The van der Waals surface area contributed by atoms with Gasteiger partial charge in [-0.2, -0.15) is 5.10 Å². The van der Waals surface area contributed by atoms with Crippen LogP contribution in [0.25, 0.3) is 6.08 Å². The summed E-state index contributed by atoms with van der Waals surface area (Å²) in [5.74, 6) is -1.36. The van der Waals surface area contributed by atoms with Crippen LogP contribution in [0, 0.1) is 6.92 Å². The van der Waals surface area contributed by atoms with Gasteiger partial charge in [0.05, 0.1) is 6.54 Å². The predicted molar refractivity (Wildman–Crippen MR) is 129 cm³/mol. The highest BCUT2D eigenvalue weighted by Crippen LogP contribution is 2.15. The van der Waals surface area contributed by atoms with Crippen molar-refractivity contribution in [3.63, 3.8) is 0 Å². The highest BCUT2D eigenvalue weighted by atomic mass is 16.4. The minimum absolute atomic E-state index is 0.114. The van der Waals surface area contributed by atoms with E-state index in [2.05, 4.69) is 15.4 Å². The Morgan fingerprint density at radius 2 is 1.85 bits per heavy atom. The van der Waals surface area contributed by atoms with Crippen molar-refractivity contribution in [1.82, 2.24) is 20.1 Å². The molecule has 8 heteroatoms. The molecule has 3 rings (SSSR count). The number of hydrogen-bond acceptors (Lipinski definition) is 5. The summed E-state index contributed by atoms with van der Waals surface area (Å²) < 4.78 is 1.55. The zero-order valence-corrected chi connectivity index (χ0v) is 19.3. The van der Waals surface area contributed by atoms with E-state index in [0.717, 1.165) is 35.1 Å². The number of allylic oxidation sites excluding steroid dienone is 1. The molecule has 0 saturated carbocycles. The normalized spacial score (nSPS) is 11.0. The lowest BCUT2D eigenvalue weighted by Gasteiger charge is -2.08. The number of carboxylic acids is 1. The molecule has 2 aromatic carbocycles. The van der Waals surface area contributed by atoms with E-state index in [9.17, 15) is 14.4 Å². The number of hydrogen-bond donors (Lipinski definition) is 2. The Kier molecular flexibility index (Phi) is 8.45. The predicted octanol–water partition coefficient (Wildman–Crippen LogP) is 3.49. The van der Waals surface area contributed by atoms with Crippen LogP contribution in [0.1, 0.15) is 56.6 Å². The summed E-state index contributed by atoms with van der Waals surface area (Å²) in [6.45, 7) is 3.95. The molecule has 0 spiro atoms. The fourth-order valence-corrected chi connectivity index (χ4v) is 3.51. The fraction of sp³-hybridized carbons (Fsp3) is 0.269. The number of aliphatic carboxylic acids is 1. The number of nitrogens with one attached hydrogen (secondary N) is 1. The molecule has 1 heterocycles. The van der Waals surface area contributed by atoms with Gasteiger partial charge in [-0.1, -0.05) is 61.4 Å². The van der Waals surface area contributed by atoms with Gasteiger partial charge >= 0.3 is 5.97 Å². The Hall–Kier alpha value is -4.07. The standard InChI is InChI=1S/C26H28N4O4/c1-3-5-20-12-21(14-22(13-20)26(34)27-16-24(32)33)6-4-11-30-25(28-17-29-30)23(31)15-19-9-7-18(2)8-10-19/h4,6-10,12-14,17H,3,5,11,15-16H2,1-2H3,(H,27,34)(H,32,33)/b6-4+. The number of aryl methyl sites for hydroxylation is 2. The Morgan fingerprint density at radius 1 is 1.09 bits per heavy atom. The third-order valence-electron chi connectivity index (χ3n) is 5.16. The highest BCUT2D eigenvalue weighted by molar-refractivity contribution is 5.96. The van der Waals surface area contributed by atoms with Crippen molar-refractivity contribution in [3.05, 3.63) is 88.5 Å². The lowest BCUT2D eigenvalue weighted by atomic mass is 10.0. The largest absolute Gasteiger partial charge is 0.480 e. The molecular formula is C26H28N4O4. The smallest absolute Gasteiger partial charge is 0.322 e. The second-order valence-electron chi connectivity index (χ2n) is 8.04. The third-order valence-corrected chi connectivity index (χ3v) is 5.16. The number of amides is 1. The van der Waals surface area contributed by atoms with Crippen LogP contribution in [-0.2, 0) is 24.2 Å².